The molecular weight excluding hydrogens is 423 g/mol. The number of rotatable bonds is 4. The highest BCUT2D eigenvalue weighted by Gasteiger charge is 2.17. The molecule has 0 aliphatic rings. The highest BCUT2D eigenvalue weighted by molar-refractivity contribution is 6.33. The van der Waals surface area contributed by atoms with Crippen LogP contribution in [0.3, 0.4) is 0 Å². The van der Waals surface area contributed by atoms with Crippen molar-refractivity contribution in [1.29, 1.82) is 0 Å². The van der Waals surface area contributed by atoms with Crippen LogP contribution in [0.4, 0.5) is 0 Å². The fourth-order valence-corrected chi connectivity index (χ4v) is 4.28. The monoisotopic (exact) mass is 438 g/mol. The van der Waals surface area contributed by atoms with Crippen LogP contribution in [0, 0.1) is 0 Å². The van der Waals surface area contributed by atoms with E-state index in [4.69, 9.17) is 23.2 Å². The van der Waals surface area contributed by atoms with Crippen molar-refractivity contribution < 1.29 is 5.11 Å². The summed E-state index contributed by atoms with van der Waals surface area (Å²) in [5.41, 5.74) is 2.77. The van der Waals surface area contributed by atoms with Crippen LogP contribution in [0.25, 0.3) is 32.7 Å². The van der Waals surface area contributed by atoms with E-state index in [2.05, 4.69) is 14.6 Å². The number of para-hydroxylation sites is 1. The first-order valence-corrected chi connectivity index (χ1v) is 10.1. The quantitative estimate of drug-likeness (QED) is 0.455. The van der Waals surface area contributed by atoms with Crippen molar-refractivity contribution in [2.24, 2.45) is 0 Å². The average Bonchev–Trinajstić information content (AvgIpc) is 3.07. The van der Waals surface area contributed by atoms with E-state index in [1.165, 1.54) is 4.68 Å². The summed E-state index contributed by atoms with van der Waals surface area (Å²) in [5.74, 6) is 0. The Hall–Kier alpha value is -2.93. The number of benzene rings is 2. The van der Waals surface area contributed by atoms with Crippen molar-refractivity contribution in [3.63, 3.8) is 0 Å². The van der Waals surface area contributed by atoms with E-state index >= 15 is 0 Å². The zero-order valence-electron chi connectivity index (χ0n) is 15.7. The molecule has 8 heteroatoms. The summed E-state index contributed by atoms with van der Waals surface area (Å²) >= 11 is 12.6. The van der Waals surface area contributed by atoms with E-state index in [1.54, 1.807) is 24.5 Å². The maximum atomic E-state index is 12.8. The van der Waals surface area contributed by atoms with Crippen molar-refractivity contribution >= 4 is 55.9 Å². The van der Waals surface area contributed by atoms with E-state index in [9.17, 15) is 9.90 Å². The topological polar surface area (TPSA) is 72.9 Å². The van der Waals surface area contributed by atoms with E-state index in [1.807, 2.05) is 30.3 Å². The fraction of sp³-hybridized carbons (Fsp3) is 0.136. The van der Waals surface area contributed by atoms with E-state index < -0.39 is 0 Å². The lowest BCUT2D eigenvalue weighted by atomic mass is 10.1. The van der Waals surface area contributed by atoms with Gasteiger partial charge in [-0.05, 0) is 29.8 Å². The largest absolute Gasteiger partial charge is 0.394 e. The van der Waals surface area contributed by atoms with Gasteiger partial charge >= 0.3 is 0 Å². The maximum absolute atomic E-state index is 12.8. The van der Waals surface area contributed by atoms with Crippen LogP contribution in [0.15, 0.2) is 59.7 Å². The second-order valence-corrected chi connectivity index (χ2v) is 7.86. The zero-order chi connectivity index (χ0) is 20.8. The van der Waals surface area contributed by atoms with Gasteiger partial charge in [0, 0.05) is 38.3 Å². The highest BCUT2D eigenvalue weighted by atomic mass is 35.5. The smallest absolute Gasteiger partial charge is 0.293 e. The molecule has 5 rings (SSSR count). The average molecular weight is 439 g/mol. The molecule has 0 aliphatic heterocycles. The molecule has 0 bridgehead atoms. The number of fused-ring (bicyclic) bond motifs is 5. The van der Waals surface area contributed by atoms with Gasteiger partial charge in [-0.25, -0.2) is 9.67 Å². The third-order valence-electron chi connectivity index (χ3n) is 5.26. The molecule has 0 spiro atoms. The molecule has 0 atom stereocenters. The minimum absolute atomic E-state index is 0.128. The fourth-order valence-electron chi connectivity index (χ4n) is 3.91. The van der Waals surface area contributed by atoms with Crippen LogP contribution in [0.2, 0.25) is 10.0 Å². The molecule has 0 saturated carbocycles. The van der Waals surface area contributed by atoms with Crippen LogP contribution in [-0.2, 0) is 13.1 Å². The van der Waals surface area contributed by atoms with Crippen molar-refractivity contribution in [2.45, 2.75) is 13.1 Å². The Bertz CT molecular complexity index is 1490. The van der Waals surface area contributed by atoms with Gasteiger partial charge in [-0.2, -0.15) is 5.10 Å². The number of hydrogen-bond donors (Lipinski definition) is 1. The summed E-state index contributed by atoms with van der Waals surface area (Å²) in [6, 6.07) is 13.4. The lowest BCUT2D eigenvalue weighted by molar-refractivity contribution is 0.266. The molecule has 5 aromatic rings. The third-order valence-corrected chi connectivity index (χ3v) is 5.87. The van der Waals surface area contributed by atoms with Crippen LogP contribution < -0.4 is 5.56 Å². The molecule has 2 aromatic carbocycles. The van der Waals surface area contributed by atoms with Gasteiger partial charge < -0.3 is 9.67 Å². The van der Waals surface area contributed by atoms with Gasteiger partial charge in [-0.3, -0.25) is 4.79 Å². The van der Waals surface area contributed by atoms with Gasteiger partial charge in [0.15, 0.2) is 0 Å². The highest BCUT2D eigenvalue weighted by Crippen LogP contribution is 2.34. The maximum Gasteiger partial charge on any atom is 0.293 e. The Balaban J connectivity index is 1.83. The number of aromatic nitrogens is 4. The van der Waals surface area contributed by atoms with Crippen molar-refractivity contribution in [3.8, 4) is 0 Å². The Morgan fingerprint density at radius 2 is 1.83 bits per heavy atom. The van der Waals surface area contributed by atoms with Crippen LogP contribution in [0.1, 0.15) is 5.56 Å². The summed E-state index contributed by atoms with van der Waals surface area (Å²) in [5, 5.41) is 17.2. The molecule has 1 N–H and O–H groups in total. The Morgan fingerprint density at radius 3 is 2.67 bits per heavy atom. The third kappa shape index (κ3) is 2.96. The first kappa shape index (κ1) is 19.1. The summed E-state index contributed by atoms with van der Waals surface area (Å²) in [6.07, 6.45) is 3.35. The number of hydrogen-bond acceptors (Lipinski definition) is 4. The summed E-state index contributed by atoms with van der Waals surface area (Å²) in [4.78, 5) is 17.2. The molecule has 0 amide bonds. The molecule has 0 unspecified atom stereocenters. The lowest BCUT2D eigenvalue weighted by Crippen LogP contribution is -2.24. The molecule has 6 nitrogen and oxygen atoms in total. The van der Waals surface area contributed by atoms with Crippen molar-refractivity contribution in [2.75, 3.05) is 6.61 Å². The minimum Gasteiger partial charge on any atom is -0.394 e. The van der Waals surface area contributed by atoms with Gasteiger partial charge in [-0.1, -0.05) is 41.4 Å². The van der Waals surface area contributed by atoms with E-state index in [0.29, 0.717) is 27.5 Å². The van der Waals surface area contributed by atoms with Crippen molar-refractivity contribution in [3.05, 3.63) is 80.8 Å². The molecule has 3 heterocycles. The van der Waals surface area contributed by atoms with E-state index in [-0.39, 0.29) is 18.7 Å². The number of pyridine rings is 1. The first-order chi connectivity index (χ1) is 14.6. The van der Waals surface area contributed by atoms with Crippen LogP contribution in [-0.4, -0.2) is 31.0 Å². The van der Waals surface area contributed by atoms with Gasteiger partial charge in [0.2, 0.25) is 0 Å². The zero-order valence-corrected chi connectivity index (χ0v) is 17.2. The SMILES string of the molecule is O=c1c2ncc3c(c2cnn1CCO)c1ccccc1n3Cc1cc(Cl)ccc1Cl. The molecule has 30 heavy (non-hydrogen) atoms. The summed E-state index contributed by atoms with van der Waals surface area (Å²) < 4.78 is 3.35. The normalized spacial score (nSPS) is 11.7. The number of aliphatic hydroxyl groups excluding tert-OH is 1. The second-order valence-electron chi connectivity index (χ2n) is 7.02. The first-order valence-electron chi connectivity index (χ1n) is 9.39. The minimum atomic E-state index is -0.321. The standard InChI is InChI=1S/C22H16Cl2N4O2/c23-14-5-6-17(24)13(9-14)12-27-18-4-2-1-3-15(18)20-16-10-26-28(7-8-29)22(30)21(16)25-11-19(20)27/h1-6,9-11,29H,7-8,12H2. The van der Waals surface area contributed by atoms with Crippen molar-refractivity contribution in [1.82, 2.24) is 19.3 Å². The Labute approximate surface area is 180 Å². The predicted molar refractivity (Wildman–Crippen MR) is 119 cm³/mol. The molecule has 0 radical (unpaired) electrons. The van der Waals surface area contributed by atoms with E-state index in [0.717, 1.165) is 27.4 Å². The Kier molecular flexibility index (Phi) is 4.70. The molecule has 0 saturated heterocycles. The second kappa shape index (κ2) is 7.40. The summed E-state index contributed by atoms with van der Waals surface area (Å²) in [6.45, 7) is 0.468. The van der Waals surface area contributed by atoms with Crippen LogP contribution >= 0.6 is 23.2 Å². The van der Waals surface area contributed by atoms with Gasteiger partial charge in [0.25, 0.3) is 5.56 Å². The van der Waals surface area contributed by atoms with Crippen LogP contribution in [0.5, 0.6) is 0 Å². The lowest BCUT2D eigenvalue weighted by Gasteiger charge is -2.10. The van der Waals surface area contributed by atoms with Gasteiger partial charge in [0.05, 0.1) is 31.1 Å². The molecule has 0 fully saturated rings. The number of nitrogens with zero attached hydrogens (tertiary/aromatic N) is 4. The molecular formula is C22H16Cl2N4O2. The summed E-state index contributed by atoms with van der Waals surface area (Å²) in [7, 11) is 0. The van der Waals surface area contributed by atoms with Gasteiger partial charge in [0.1, 0.15) is 5.52 Å². The number of halogens is 2. The molecule has 0 aliphatic carbocycles. The number of aliphatic hydroxyl groups is 1. The predicted octanol–water partition coefficient (Wildman–Crippen LogP) is 4.25. The Morgan fingerprint density at radius 1 is 1.00 bits per heavy atom. The molecule has 150 valence electrons. The molecule has 3 aromatic heterocycles. The van der Waals surface area contributed by atoms with Gasteiger partial charge in [-0.15, -0.1) is 0 Å².